The molecular formula is C36H72B2O4Si2W4. The van der Waals surface area contributed by atoms with E-state index in [2.05, 4.69) is 20.8 Å². The molecule has 4 nitrogen and oxygen atoms in total. The van der Waals surface area contributed by atoms with Crippen LogP contribution in [-0.4, -0.2) is 59.0 Å². The van der Waals surface area contributed by atoms with Gasteiger partial charge in [-0.2, -0.15) is 0 Å². The maximum atomic E-state index is 12.2. The molecule has 1 N–H and O–H groups in total. The fraction of sp³-hybridized carbons (Fsp3) is 0.944. The summed E-state index contributed by atoms with van der Waals surface area (Å²) in [7, 11) is 2.20. The van der Waals surface area contributed by atoms with Crippen molar-refractivity contribution in [3.05, 3.63) is 0 Å². The fourth-order valence-electron chi connectivity index (χ4n) is 6.79. The SMILES string of the molecule is C.CC1CCCCC1.CCCC[Si]C1CCC(C(=O)O)CC1.CCCC[Si]C1CCC(C(=O)OC2CCCCC2)CC1.[2HH].[2HH].[B].[B].[W].[W].[W].[W]. The zero-order valence-electron chi connectivity index (χ0n) is 29.9. The number of carbonyl (C=O) groups is 2. The first kappa shape index (κ1) is 62.3. The van der Waals surface area contributed by atoms with Crippen molar-refractivity contribution >= 4 is 47.8 Å². The van der Waals surface area contributed by atoms with Gasteiger partial charge in [-0.1, -0.05) is 130 Å². The molecule has 12 heteroatoms. The summed E-state index contributed by atoms with van der Waals surface area (Å²) in [6, 6.07) is 2.76. The van der Waals surface area contributed by atoms with Crippen molar-refractivity contribution in [3.63, 3.8) is 0 Å². The van der Waals surface area contributed by atoms with E-state index in [0.29, 0.717) is 0 Å². The molecule has 0 amide bonds. The first-order valence-electron chi connectivity index (χ1n) is 17.8. The number of hydrogen-bond acceptors (Lipinski definition) is 3. The minimum Gasteiger partial charge on any atom is -0.481 e. The summed E-state index contributed by atoms with van der Waals surface area (Å²) in [6.07, 6.45) is 27.8. The Morgan fingerprint density at radius 2 is 1.00 bits per heavy atom. The van der Waals surface area contributed by atoms with Crippen LogP contribution in [0.15, 0.2) is 0 Å². The Morgan fingerprint density at radius 1 is 0.625 bits per heavy atom. The van der Waals surface area contributed by atoms with Gasteiger partial charge in [0.15, 0.2) is 0 Å². The van der Waals surface area contributed by atoms with Crippen molar-refractivity contribution < 1.29 is 107 Å². The van der Waals surface area contributed by atoms with Crippen LogP contribution in [0.2, 0.25) is 23.2 Å². The van der Waals surface area contributed by atoms with E-state index in [0.717, 1.165) is 87.4 Å². The molecule has 0 saturated heterocycles. The zero-order valence-corrected chi connectivity index (χ0v) is 43.6. The van der Waals surface area contributed by atoms with Gasteiger partial charge in [0.25, 0.3) is 0 Å². The second-order valence-electron chi connectivity index (χ2n) is 13.5. The van der Waals surface area contributed by atoms with Crippen LogP contribution in [0, 0.1) is 17.8 Å². The monoisotopic (exact) mass is 1380 g/mol. The molecular weight excluding hydrogens is 1310 g/mol. The van der Waals surface area contributed by atoms with E-state index in [1.165, 1.54) is 102 Å². The standard InChI is InChI=1S/C17H30O2Si.C11H20O2Si.C7H14.CH4.2B.4W.2H2/c1-2-3-13-20-16-11-9-14(10-12-16)17(18)19-15-7-5-4-6-8-15;1-2-3-8-14-10-6-4-9(5-7-10)11(12)13;1-7-5-3-2-4-6-7;;;;;;;;;/h14-16H,2-13H2,1H3;9-10H,2-8H2,1H3,(H,12,13);7H,2-6H2,1H3;1H4;;;;;;;2*1H/i;;;;;;;;;;2*1+1. The molecule has 0 unspecified atom stereocenters. The molecule has 0 aromatic carbocycles. The third-order valence-corrected chi connectivity index (χ3v) is 13.4. The van der Waals surface area contributed by atoms with Crippen LogP contribution in [0.5, 0.6) is 0 Å². The number of carbonyl (C=O) groups excluding carboxylic acids is 1. The van der Waals surface area contributed by atoms with Crippen LogP contribution in [0.3, 0.4) is 0 Å². The molecule has 0 bridgehead atoms. The molecule has 0 spiro atoms. The van der Waals surface area contributed by atoms with Gasteiger partial charge in [-0.25, -0.2) is 0 Å². The molecule has 0 aliphatic heterocycles. The van der Waals surface area contributed by atoms with Crippen molar-refractivity contribution in [1.82, 2.24) is 0 Å². The maximum Gasteiger partial charge on any atom is 0.309 e. The van der Waals surface area contributed by atoms with E-state index >= 15 is 0 Å². The summed E-state index contributed by atoms with van der Waals surface area (Å²) in [5, 5.41) is 8.84. The van der Waals surface area contributed by atoms with E-state index in [1.807, 2.05) is 0 Å². The Morgan fingerprint density at radius 3 is 1.33 bits per heavy atom. The third kappa shape index (κ3) is 29.7. The van der Waals surface area contributed by atoms with Gasteiger partial charge in [0.05, 0.1) is 11.8 Å². The van der Waals surface area contributed by atoms with Crippen LogP contribution in [0.25, 0.3) is 0 Å². The molecule has 4 fully saturated rings. The van der Waals surface area contributed by atoms with E-state index in [4.69, 9.17) is 9.84 Å². The smallest absolute Gasteiger partial charge is 0.309 e. The predicted octanol–water partition coefficient (Wildman–Crippen LogP) is 10.7. The Hall–Kier alpha value is 2.26. The third-order valence-electron chi connectivity index (χ3n) is 9.79. The minimum atomic E-state index is -0.583. The average Bonchev–Trinajstić information content (AvgIpc) is 3.00. The summed E-state index contributed by atoms with van der Waals surface area (Å²) in [5.74, 6) is 0.743. The number of rotatable bonds is 11. The van der Waals surface area contributed by atoms with Gasteiger partial charge >= 0.3 is 11.9 Å². The number of carboxylic acids is 1. The van der Waals surface area contributed by atoms with Gasteiger partial charge in [-0.15, -0.1) is 0 Å². The predicted molar refractivity (Wildman–Crippen MR) is 198 cm³/mol. The molecule has 278 valence electrons. The second-order valence-corrected chi connectivity index (χ2v) is 16.9. The molecule has 48 heavy (non-hydrogen) atoms. The van der Waals surface area contributed by atoms with Crippen molar-refractivity contribution in [1.29, 1.82) is 0 Å². The van der Waals surface area contributed by atoms with Gasteiger partial charge in [0.2, 0.25) is 0 Å². The normalized spacial score (nSPS) is 23.5. The number of unbranched alkanes of at least 4 members (excludes halogenated alkanes) is 2. The van der Waals surface area contributed by atoms with Gasteiger partial charge in [-0.3, -0.25) is 9.59 Å². The number of ether oxygens (including phenoxy) is 1. The Kier molecular flexibility index (Phi) is 52.5. The molecule has 10 radical (unpaired) electrons. The number of aliphatic carboxylic acids is 1. The molecule has 0 heterocycles. The van der Waals surface area contributed by atoms with Crippen LogP contribution >= 0.6 is 0 Å². The summed E-state index contributed by atoms with van der Waals surface area (Å²) >= 11 is 0. The van der Waals surface area contributed by atoms with E-state index in [1.54, 1.807) is 0 Å². The van der Waals surface area contributed by atoms with Crippen molar-refractivity contribution in [2.75, 3.05) is 0 Å². The van der Waals surface area contributed by atoms with E-state index in [-0.39, 0.29) is 135 Å². The number of hydrogen-bond donors (Lipinski definition) is 1. The van der Waals surface area contributed by atoms with Gasteiger partial charge < -0.3 is 9.84 Å². The molecule has 0 aromatic heterocycles. The van der Waals surface area contributed by atoms with Gasteiger partial charge in [0, 0.05) is 123 Å². The van der Waals surface area contributed by atoms with E-state index in [9.17, 15) is 9.59 Å². The van der Waals surface area contributed by atoms with Crippen LogP contribution in [0.4, 0.5) is 0 Å². The summed E-state index contributed by atoms with van der Waals surface area (Å²) < 4.78 is 5.73. The summed E-state index contributed by atoms with van der Waals surface area (Å²) in [5.41, 5.74) is 1.75. The number of esters is 1. The Balaban J connectivity index is -0.0000000876. The topological polar surface area (TPSA) is 63.6 Å². The molecule has 4 saturated carbocycles. The first-order valence-corrected chi connectivity index (χ1v) is 20.4. The molecule has 4 aliphatic rings. The van der Waals surface area contributed by atoms with Crippen LogP contribution in [-0.2, 0) is 98.6 Å². The molecule has 4 aliphatic carbocycles. The first-order chi connectivity index (χ1) is 19.9. The Labute approximate surface area is 367 Å². The summed E-state index contributed by atoms with van der Waals surface area (Å²) in [4.78, 5) is 22.9. The Bertz CT molecular complexity index is 703. The molecule has 0 atom stereocenters. The molecule has 0 aromatic rings. The summed E-state index contributed by atoms with van der Waals surface area (Å²) in [6.45, 7) is 6.85. The van der Waals surface area contributed by atoms with Crippen molar-refractivity contribution in [2.24, 2.45) is 17.8 Å². The minimum absolute atomic E-state index is 0. The van der Waals surface area contributed by atoms with Gasteiger partial charge in [-0.05, 0) is 68.4 Å². The quantitative estimate of drug-likeness (QED) is 0.127. The molecule has 4 rings (SSSR count). The fourth-order valence-corrected chi connectivity index (χ4v) is 10.2. The maximum absolute atomic E-state index is 12.2. The zero-order chi connectivity index (χ0) is 29.7. The number of carboxylic acid groups (broad SMARTS) is 1. The second kappa shape index (κ2) is 40.4. The van der Waals surface area contributed by atoms with Crippen LogP contribution in [0.1, 0.15) is 172 Å². The van der Waals surface area contributed by atoms with E-state index < -0.39 is 5.97 Å². The van der Waals surface area contributed by atoms with Crippen molar-refractivity contribution in [2.45, 2.75) is 199 Å². The average molecular weight is 1380 g/mol. The van der Waals surface area contributed by atoms with Crippen molar-refractivity contribution in [3.8, 4) is 0 Å². The van der Waals surface area contributed by atoms with Crippen LogP contribution < -0.4 is 0 Å². The van der Waals surface area contributed by atoms with Gasteiger partial charge in [0.1, 0.15) is 6.10 Å². The largest absolute Gasteiger partial charge is 0.481 e.